The SMILES string of the molecule is CNCC(C)C(=O)NC1CCN(C(=O)CCc2ccccc2)C1.Cl. The van der Waals surface area contributed by atoms with Crippen molar-refractivity contribution in [3.8, 4) is 0 Å². The number of carbonyl (C=O) groups is 2. The summed E-state index contributed by atoms with van der Waals surface area (Å²) in [4.78, 5) is 26.2. The number of benzene rings is 1. The fraction of sp³-hybridized carbons (Fsp3) is 0.556. The van der Waals surface area contributed by atoms with Crippen LogP contribution in [0.5, 0.6) is 0 Å². The molecule has 1 saturated heterocycles. The van der Waals surface area contributed by atoms with Crippen LogP contribution in [0.1, 0.15) is 25.3 Å². The van der Waals surface area contributed by atoms with E-state index in [1.807, 2.05) is 49.2 Å². The van der Waals surface area contributed by atoms with Crippen LogP contribution in [0.4, 0.5) is 0 Å². The number of aryl methyl sites for hydroxylation is 1. The third-order valence-electron chi connectivity index (χ3n) is 4.32. The maximum absolute atomic E-state index is 12.3. The molecule has 1 aliphatic rings. The normalized spacial score (nSPS) is 17.9. The molecule has 2 N–H and O–H groups in total. The molecule has 2 rings (SSSR count). The van der Waals surface area contributed by atoms with E-state index >= 15 is 0 Å². The Bertz CT molecular complexity index is 524. The van der Waals surface area contributed by atoms with Crippen LogP contribution in [0, 0.1) is 5.92 Å². The second-order valence-corrected chi connectivity index (χ2v) is 6.28. The minimum absolute atomic E-state index is 0. The van der Waals surface area contributed by atoms with Crippen molar-refractivity contribution in [1.82, 2.24) is 15.5 Å². The highest BCUT2D eigenvalue weighted by atomic mass is 35.5. The van der Waals surface area contributed by atoms with Crippen molar-refractivity contribution in [3.05, 3.63) is 35.9 Å². The van der Waals surface area contributed by atoms with Gasteiger partial charge in [-0.25, -0.2) is 0 Å². The molecule has 5 nitrogen and oxygen atoms in total. The Labute approximate surface area is 150 Å². The van der Waals surface area contributed by atoms with E-state index < -0.39 is 0 Å². The van der Waals surface area contributed by atoms with Crippen molar-refractivity contribution in [3.63, 3.8) is 0 Å². The monoisotopic (exact) mass is 353 g/mol. The average Bonchev–Trinajstić information content (AvgIpc) is 3.02. The number of halogens is 1. The Morgan fingerprint density at radius 3 is 2.67 bits per heavy atom. The zero-order chi connectivity index (χ0) is 16.7. The second kappa shape index (κ2) is 10.3. The molecule has 2 amide bonds. The van der Waals surface area contributed by atoms with Gasteiger partial charge in [-0.2, -0.15) is 0 Å². The summed E-state index contributed by atoms with van der Waals surface area (Å²) in [6.07, 6.45) is 2.14. The maximum atomic E-state index is 12.3. The van der Waals surface area contributed by atoms with Crippen molar-refractivity contribution < 1.29 is 9.59 Å². The lowest BCUT2D eigenvalue weighted by Crippen LogP contribution is -2.42. The van der Waals surface area contributed by atoms with Gasteiger partial charge >= 0.3 is 0 Å². The van der Waals surface area contributed by atoms with Gasteiger partial charge < -0.3 is 15.5 Å². The van der Waals surface area contributed by atoms with E-state index in [0.29, 0.717) is 19.5 Å². The second-order valence-electron chi connectivity index (χ2n) is 6.28. The van der Waals surface area contributed by atoms with E-state index in [1.165, 1.54) is 5.56 Å². The van der Waals surface area contributed by atoms with Crippen LogP contribution in [-0.2, 0) is 16.0 Å². The molecule has 1 heterocycles. The van der Waals surface area contributed by atoms with E-state index in [4.69, 9.17) is 0 Å². The Balaban J connectivity index is 0.00000288. The molecule has 1 aromatic rings. The summed E-state index contributed by atoms with van der Waals surface area (Å²) >= 11 is 0. The van der Waals surface area contributed by atoms with Gasteiger partial charge in [-0.3, -0.25) is 9.59 Å². The third kappa shape index (κ3) is 6.13. The molecule has 0 aromatic heterocycles. The van der Waals surface area contributed by atoms with Gasteiger partial charge in [-0.05, 0) is 25.5 Å². The van der Waals surface area contributed by atoms with Crippen LogP contribution < -0.4 is 10.6 Å². The third-order valence-corrected chi connectivity index (χ3v) is 4.32. The van der Waals surface area contributed by atoms with Gasteiger partial charge in [-0.1, -0.05) is 37.3 Å². The number of hydrogen-bond donors (Lipinski definition) is 2. The Morgan fingerprint density at radius 1 is 1.29 bits per heavy atom. The van der Waals surface area contributed by atoms with Crippen molar-refractivity contribution in [2.75, 3.05) is 26.7 Å². The van der Waals surface area contributed by atoms with Crippen molar-refractivity contribution in [2.24, 2.45) is 5.92 Å². The molecule has 0 spiro atoms. The topological polar surface area (TPSA) is 61.4 Å². The van der Waals surface area contributed by atoms with Gasteiger partial charge in [0.05, 0.1) is 0 Å². The Morgan fingerprint density at radius 2 is 2.00 bits per heavy atom. The summed E-state index contributed by atoms with van der Waals surface area (Å²) in [5, 5.41) is 6.06. The number of likely N-dealkylation sites (tertiary alicyclic amines) is 1. The lowest BCUT2D eigenvalue weighted by atomic mass is 10.1. The number of nitrogens with one attached hydrogen (secondary N) is 2. The number of amides is 2. The number of hydrogen-bond acceptors (Lipinski definition) is 3. The lowest BCUT2D eigenvalue weighted by Gasteiger charge is -2.19. The lowest BCUT2D eigenvalue weighted by molar-refractivity contribution is -0.130. The van der Waals surface area contributed by atoms with Crippen molar-refractivity contribution >= 4 is 24.2 Å². The maximum Gasteiger partial charge on any atom is 0.224 e. The van der Waals surface area contributed by atoms with E-state index in [9.17, 15) is 9.59 Å². The van der Waals surface area contributed by atoms with E-state index in [-0.39, 0.29) is 36.2 Å². The van der Waals surface area contributed by atoms with Gasteiger partial charge in [0.2, 0.25) is 11.8 Å². The molecule has 24 heavy (non-hydrogen) atoms. The van der Waals surface area contributed by atoms with Gasteiger partial charge in [-0.15, -0.1) is 12.4 Å². The Hall–Kier alpha value is -1.59. The average molecular weight is 354 g/mol. The van der Waals surface area contributed by atoms with E-state index in [1.54, 1.807) is 0 Å². The molecule has 2 unspecified atom stereocenters. The first-order chi connectivity index (χ1) is 11.1. The molecule has 1 aliphatic heterocycles. The molecule has 0 aliphatic carbocycles. The van der Waals surface area contributed by atoms with Crippen molar-refractivity contribution in [2.45, 2.75) is 32.2 Å². The van der Waals surface area contributed by atoms with Crippen LogP contribution in [0.3, 0.4) is 0 Å². The summed E-state index contributed by atoms with van der Waals surface area (Å²) in [5.41, 5.74) is 1.19. The molecular formula is C18H28ClN3O2. The summed E-state index contributed by atoms with van der Waals surface area (Å²) in [6.45, 7) is 3.94. The van der Waals surface area contributed by atoms with Gasteiger partial charge in [0.15, 0.2) is 0 Å². The molecule has 1 fully saturated rings. The van der Waals surface area contributed by atoms with Gasteiger partial charge in [0.25, 0.3) is 0 Å². The highest BCUT2D eigenvalue weighted by Gasteiger charge is 2.27. The van der Waals surface area contributed by atoms with Crippen LogP contribution in [0.25, 0.3) is 0 Å². The van der Waals surface area contributed by atoms with Crippen LogP contribution in [0.15, 0.2) is 30.3 Å². The Kier molecular flexibility index (Phi) is 8.79. The standard InChI is InChI=1S/C18H27N3O2.ClH/c1-14(12-19-2)18(23)20-16-10-11-21(13-16)17(22)9-8-15-6-4-3-5-7-15;/h3-7,14,16,19H,8-13H2,1-2H3,(H,20,23);1H. The zero-order valence-corrected chi connectivity index (χ0v) is 15.3. The summed E-state index contributed by atoms with van der Waals surface area (Å²) in [5.74, 6) is 0.180. The summed E-state index contributed by atoms with van der Waals surface area (Å²) in [7, 11) is 1.84. The molecule has 0 saturated carbocycles. The van der Waals surface area contributed by atoms with Gasteiger partial charge in [0.1, 0.15) is 0 Å². The molecule has 134 valence electrons. The first kappa shape index (κ1) is 20.5. The summed E-state index contributed by atoms with van der Waals surface area (Å²) in [6, 6.07) is 10.1. The van der Waals surface area contributed by atoms with Crippen LogP contribution >= 0.6 is 12.4 Å². The number of rotatable bonds is 7. The van der Waals surface area contributed by atoms with Crippen LogP contribution in [-0.4, -0.2) is 49.4 Å². The minimum atomic E-state index is -0.0529. The predicted octanol–water partition coefficient (Wildman–Crippen LogP) is 1.61. The zero-order valence-electron chi connectivity index (χ0n) is 14.5. The predicted molar refractivity (Wildman–Crippen MR) is 98.2 cm³/mol. The fourth-order valence-electron chi connectivity index (χ4n) is 2.90. The number of nitrogens with zero attached hydrogens (tertiary/aromatic N) is 1. The van der Waals surface area contributed by atoms with Crippen molar-refractivity contribution in [1.29, 1.82) is 0 Å². The van der Waals surface area contributed by atoms with E-state index in [0.717, 1.165) is 19.4 Å². The first-order valence-electron chi connectivity index (χ1n) is 8.37. The van der Waals surface area contributed by atoms with E-state index in [2.05, 4.69) is 10.6 Å². The quantitative estimate of drug-likeness (QED) is 0.783. The molecule has 2 atom stereocenters. The fourth-order valence-corrected chi connectivity index (χ4v) is 2.90. The molecule has 0 bridgehead atoms. The smallest absolute Gasteiger partial charge is 0.224 e. The van der Waals surface area contributed by atoms with Crippen LogP contribution in [0.2, 0.25) is 0 Å². The molecular weight excluding hydrogens is 326 g/mol. The minimum Gasteiger partial charge on any atom is -0.351 e. The largest absolute Gasteiger partial charge is 0.351 e. The summed E-state index contributed by atoms with van der Waals surface area (Å²) < 4.78 is 0. The molecule has 6 heteroatoms. The van der Waals surface area contributed by atoms with Gasteiger partial charge in [0, 0.05) is 38.0 Å². The highest BCUT2D eigenvalue weighted by Crippen LogP contribution is 2.13. The number of carbonyl (C=O) groups excluding carboxylic acids is 2. The molecule has 1 aromatic carbocycles. The molecule has 0 radical (unpaired) electrons. The highest BCUT2D eigenvalue weighted by molar-refractivity contribution is 5.85. The first-order valence-corrected chi connectivity index (χ1v) is 8.37.